The maximum Gasteiger partial charge on any atom is 0.309 e. The van der Waals surface area contributed by atoms with Crippen LogP contribution in [0.15, 0.2) is 18.2 Å². The van der Waals surface area contributed by atoms with Gasteiger partial charge >= 0.3 is 5.97 Å². The van der Waals surface area contributed by atoms with E-state index in [-0.39, 0.29) is 24.3 Å². The number of ether oxygens (including phenoxy) is 3. The van der Waals surface area contributed by atoms with Crippen molar-refractivity contribution in [3.05, 3.63) is 18.2 Å². The number of anilines is 1. The lowest BCUT2D eigenvalue weighted by molar-refractivity contribution is -0.154. The molecule has 8 nitrogen and oxygen atoms in total. The quantitative estimate of drug-likeness (QED) is 0.714. The second-order valence-corrected chi connectivity index (χ2v) is 7.13. The fraction of sp³-hybridized carbons (Fsp3) is 0.550. The van der Waals surface area contributed by atoms with E-state index in [1.54, 1.807) is 18.2 Å². The van der Waals surface area contributed by atoms with Crippen molar-refractivity contribution in [2.75, 3.05) is 39.2 Å². The molecular formula is C20H26N2O6. The van der Waals surface area contributed by atoms with E-state index in [2.05, 4.69) is 5.32 Å². The van der Waals surface area contributed by atoms with Gasteiger partial charge in [0.25, 0.3) is 5.91 Å². The van der Waals surface area contributed by atoms with Crippen LogP contribution in [0.25, 0.3) is 0 Å². The summed E-state index contributed by atoms with van der Waals surface area (Å²) in [6, 6.07) is 4.99. The van der Waals surface area contributed by atoms with E-state index in [1.165, 1.54) is 14.2 Å². The number of carbonyl (C=O) groups excluding carboxylic acids is 3. The van der Waals surface area contributed by atoms with E-state index in [0.717, 1.165) is 12.8 Å². The van der Waals surface area contributed by atoms with Crippen LogP contribution in [-0.2, 0) is 19.1 Å². The summed E-state index contributed by atoms with van der Waals surface area (Å²) < 4.78 is 15.5. The summed E-state index contributed by atoms with van der Waals surface area (Å²) in [6.45, 7) is 0.787. The van der Waals surface area contributed by atoms with Gasteiger partial charge in [0.15, 0.2) is 6.61 Å². The topological polar surface area (TPSA) is 94.2 Å². The minimum absolute atomic E-state index is 0.197. The zero-order chi connectivity index (χ0) is 20.1. The Kier molecular flexibility index (Phi) is 6.38. The highest BCUT2D eigenvalue weighted by molar-refractivity contribution is 5.93. The van der Waals surface area contributed by atoms with E-state index in [0.29, 0.717) is 43.1 Å². The Labute approximate surface area is 164 Å². The molecule has 0 spiro atoms. The van der Waals surface area contributed by atoms with Crippen LogP contribution in [0.1, 0.15) is 25.7 Å². The van der Waals surface area contributed by atoms with Gasteiger partial charge in [-0.15, -0.1) is 0 Å². The molecule has 28 heavy (non-hydrogen) atoms. The molecule has 8 heteroatoms. The molecule has 0 bridgehead atoms. The number of nitrogens with one attached hydrogen (secondary N) is 1. The molecule has 2 fully saturated rings. The van der Waals surface area contributed by atoms with Crippen LogP contribution in [0.4, 0.5) is 5.69 Å². The van der Waals surface area contributed by atoms with E-state index in [9.17, 15) is 14.4 Å². The standard InChI is InChI=1S/C20H26N2O6/c1-26-16-9-15(10-17(11-16)27-2)21-18(23)12-28-20(25)14-5-7-22(8-6-14)19(24)13-3-4-13/h9-11,13-14H,3-8,12H2,1-2H3,(H,21,23). The normalized spacial score (nSPS) is 17.0. The predicted octanol–water partition coefficient (Wildman–Crippen LogP) is 1.83. The molecule has 1 N–H and O–H groups in total. The molecule has 1 saturated carbocycles. The van der Waals surface area contributed by atoms with Gasteiger partial charge in [0.2, 0.25) is 5.91 Å². The Morgan fingerprint density at radius 3 is 2.11 bits per heavy atom. The SMILES string of the molecule is COc1cc(NC(=O)COC(=O)C2CCN(C(=O)C3CC3)CC2)cc(OC)c1. The van der Waals surface area contributed by atoms with Crippen molar-refractivity contribution in [1.82, 2.24) is 4.90 Å². The summed E-state index contributed by atoms with van der Waals surface area (Å²) in [4.78, 5) is 38.2. The van der Waals surface area contributed by atoms with Crippen molar-refractivity contribution in [3.63, 3.8) is 0 Å². The van der Waals surface area contributed by atoms with Crippen LogP contribution in [-0.4, -0.2) is 56.6 Å². The molecule has 0 aromatic heterocycles. The first kappa shape index (κ1) is 20.0. The van der Waals surface area contributed by atoms with Gasteiger partial charge in [-0.2, -0.15) is 0 Å². The van der Waals surface area contributed by atoms with Crippen LogP contribution >= 0.6 is 0 Å². The van der Waals surface area contributed by atoms with Crippen molar-refractivity contribution in [2.45, 2.75) is 25.7 Å². The molecule has 2 aliphatic rings. The third-order valence-corrected chi connectivity index (χ3v) is 5.05. The summed E-state index contributed by atoms with van der Waals surface area (Å²) in [5.74, 6) is 0.385. The number of likely N-dealkylation sites (tertiary alicyclic amines) is 1. The lowest BCUT2D eigenvalue weighted by Gasteiger charge is -2.31. The Hall–Kier alpha value is -2.77. The van der Waals surface area contributed by atoms with E-state index < -0.39 is 11.9 Å². The smallest absolute Gasteiger partial charge is 0.309 e. The van der Waals surface area contributed by atoms with Crippen LogP contribution < -0.4 is 14.8 Å². The van der Waals surface area contributed by atoms with E-state index in [1.807, 2.05) is 4.90 Å². The summed E-state index contributed by atoms with van der Waals surface area (Å²) in [7, 11) is 3.04. The Balaban J connectivity index is 1.43. The van der Waals surface area contributed by atoms with Crippen LogP contribution in [0, 0.1) is 11.8 Å². The molecule has 152 valence electrons. The Bertz CT molecular complexity index is 716. The first-order chi connectivity index (χ1) is 13.5. The molecule has 0 radical (unpaired) electrons. The van der Waals surface area contributed by atoms with Gasteiger partial charge in [0.1, 0.15) is 11.5 Å². The first-order valence-electron chi connectivity index (χ1n) is 9.48. The number of hydrogen-bond acceptors (Lipinski definition) is 6. The van der Waals surface area contributed by atoms with Gasteiger partial charge in [0, 0.05) is 42.9 Å². The van der Waals surface area contributed by atoms with Gasteiger partial charge in [-0.25, -0.2) is 0 Å². The van der Waals surface area contributed by atoms with Crippen LogP contribution in [0.5, 0.6) is 11.5 Å². The van der Waals surface area contributed by atoms with Gasteiger partial charge < -0.3 is 24.4 Å². The lowest BCUT2D eigenvalue weighted by Crippen LogP contribution is -2.41. The van der Waals surface area contributed by atoms with Crippen molar-refractivity contribution >= 4 is 23.5 Å². The summed E-state index contributed by atoms with van der Waals surface area (Å²) in [6.07, 6.45) is 3.11. The van der Waals surface area contributed by atoms with Crippen molar-refractivity contribution in [1.29, 1.82) is 0 Å². The molecule has 1 saturated heterocycles. The average Bonchev–Trinajstić information content (AvgIpc) is 3.56. The zero-order valence-electron chi connectivity index (χ0n) is 16.2. The summed E-state index contributed by atoms with van der Waals surface area (Å²) >= 11 is 0. The third-order valence-electron chi connectivity index (χ3n) is 5.05. The highest BCUT2D eigenvalue weighted by Crippen LogP contribution is 2.32. The Morgan fingerprint density at radius 2 is 1.57 bits per heavy atom. The molecule has 1 aliphatic carbocycles. The highest BCUT2D eigenvalue weighted by Gasteiger charge is 2.36. The van der Waals surface area contributed by atoms with Gasteiger partial charge in [-0.3, -0.25) is 14.4 Å². The lowest BCUT2D eigenvalue weighted by atomic mass is 9.97. The largest absolute Gasteiger partial charge is 0.497 e. The number of methoxy groups -OCH3 is 2. The number of rotatable bonds is 7. The number of piperidine rings is 1. The molecule has 3 rings (SSSR count). The molecular weight excluding hydrogens is 364 g/mol. The van der Waals surface area contributed by atoms with Gasteiger partial charge in [0.05, 0.1) is 20.1 Å². The maximum absolute atomic E-state index is 12.2. The molecule has 1 aliphatic heterocycles. The number of carbonyl (C=O) groups is 3. The third kappa shape index (κ3) is 5.15. The Morgan fingerprint density at radius 1 is 0.964 bits per heavy atom. The second-order valence-electron chi connectivity index (χ2n) is 7.13. The van der Waals surface area contributed by atoms with Crippen molar-refractivity contribution in [2.24, 2.45) is 11.8 Å². The average molecular weight is 390 g/mol. The number of hydrogen-bond donors (Lipinski definition) is 1. The highest BCUT2D eigenvalue weighted by atomic mass is 16.5. The number of esters is 1. The molecule has 1 aromatic rings. The number of amides is 2. The molecule has 0 atom stereocenters. The van der Waals surface area contributed by atoms with Crippen molar-refractivity contribution in [3.8, 4) is 11.5 Å². The monoisotopic (exact) mass is 390 g/mol. The van der Waals surface area contributed by atoms with E-state index >= 15 is 0 Å². The minimum atomic E-state index is -0.440. The molecule has 1 aromatic carbocycles. The predicted molar refractivity (Wildman–Crippen MR) is 101 cm³/mol. The van der Waals surface area contributed by atoms with Crippen LogP contribution in [0.2, 0.25) is 0 Å². The second kappa shape index (κ2) is 8.95. The number of benzene rings is 1. The maximum atomic E-state index is 12.2. The van der Waals surface area contributed by atoms with Crippen molar-refractivity contribution < 1.29 is 28.6 Å². The minimum Gasteiger partial charge on any atom is -0.497 e. The first-order valence-corrected chi connectivity index (χ1v) is 9.48. The van der Waals surface area contributed by atoms with Gasteiger partial charge in [-0.1, -0.05) is 0 Å². The molecule has 0 unspecified atom stereocenters. The van der Waals surface area contributed by atoms with E-state index in [4.69, 9.17) is 14.2 Å². The number of nitrogens with zero attached hydrogens (tertiary/aromatic N) is 1. The summed E-state index contributed by atoms with van der Waals surface area (Å²) in [5, 5.41) is 2.66. The summed E-state index contributed by atoms with van der Waals surface area (Å²) in [5.41, 5.74) is 0.490. The zero-order valence-corrected chi connectivity index (χ0v) is 16.2. The molecule has 2 amide bonds. The van der Waals surface area contributed by atoms with Crippen LogP contribution in [0.3, 0.4) is 0 Å². The fourth-order valence-electron chi connectivity index (χ4n) is 3.26. The fourth-order valence-corrected chi connectivity index (χ4v) is 3.26. The van der Waals surface area contributed by atoms with Gasteiger partial charge in [-0.05, 0) is 25.7 Å². The molecule has 1 heterocycles.